The number of rotatable bonds is 6. The van der Waals surface area contributed by atoms with Crippen molar-refractivity contribution in [3.05, 3.63) is 22.1 Å². The molecule has 0 amide bonds. The molecule has 2 heterocycles. The molecule has 0 aliphatic carbocycles. The maximum Gasteiger partial charge on any atom is 0.336 e. The summed E-state index contributed by atoms with van der Waals surface area (Å²) in [6, 6.07) is 0. The summed E-state index contributed by atoms with van der Waals surface area (Å²) in [4.78, 5) is 28.7. The Hall–Kier alpha value is -2.29. The Kier molecular flexibility index (Phi) is 4.99. The van der Waals surface area contributed by atoms with Crippen molar-refractivity contribution in [3.63, 3.8) is 0 Å². The van der Waals surface area contributed by atoms with Gasteiger partial charge in [0.25, 0.3) is 6.47 Å². The highest BCUT2D eigenvalue weighted by Crippen LogP contribution is 2.34. The van der Waals surface area contributed by atoms with Gasteiger partial charge in [0, 0.05) is 0 Å². The highest BCUT2D eigenvalue weighted by molar-refractivity contribution is 5.55. The van der Waals surface area contributed by atoms with Gasteiger partial charge >= 0.3 is 5.69 Å². The van der Waals surface area contributed by atoms with Gasteiger partial charge in [-0.05, 0) is 38.3 Å². The average Bonchev–Trinajstić information content (AvgIpc) is 2.47. The van der Waals surface area contributed by atoms with Crippen LogP contribution < -0.4 is 11.1 Å². The monoisotopic (exact) mass is 295 g/mol. The molecule has 114 valence electrons. The van der Waals surface area contributed by atoms with E-state index in [4.69, 9.17) is 10.5 Å². The zero-order chi connectivity index (χ0) is 15.2. The number of nitro groups is 1. The van der Waals surface area contributed by atoms with E-state index >= 15 is 0 Å². The number of piperidine rings is 1. The minimum atomic E-state index is -0.781. The minimum Gasteiger partial charge on any atom is -0.458 e. The van der Waals surface area contributed by atoms with Gasteiger partial charge in [0.15, 0.2) is 11.8 Å². The SMILES string of the molecule is Nc1ncnc(C(CC2CCNCC2)OC=O)c1[N+](=O)[O-]. The average molecular weight is 295 g/mol. The van der Waals surface area contributed by atoms with Crippen molar-refractivity contribution in [3.8, 4) is 0 Å². The van der Waals surface area contributed by atoms with Gasteiger partial charge in [-0.2, -0.15) is 0 Å². The topological polar surface area (TPSA) is 133 Å². The summed E-state index contributed by atoms with van der Waals surface area (Å²) in [5.74, 6) is 0.0850. The quantitative estimate of drug-likeness (QED) is 0.442. The number of ether oxygens (including phenoxy) is 1. The molecule has 0 saturated carbocycles. The van der Waals surface area contributed by atoms with Crippen LogP contribution in [0, 0.1) is 16.0 Å². The van der Waals surface area contributed by atoms with E-state index in [-0.39, 0.29) is 18.0 Å². The normalized spacial score (nSPS) is 17.1. The van der Waals surface area contributed by atoms with Crippen LogP contribution in [-0.2, 0) is 9.53 Å². The molecule has 1 aliphatic rings. The molecular weight excluding hydrogens is 278 g/mol. The summed E-state index contributed by atoms with van der Waals surface area (Å²) < 4.78 is 5.03. The Labute approximate surface area is 121 Å². The van der Waals surface area contributed by atoms with Gasteiger partial charge in [-0.1, -0.05) is 0 Å². The third-order valence-electron chi connectivity index (χ3n) is 3.59. The summed E-state index contributed by atoms with van der Waals surface area (Å²) in [6.45, 7) is 2.05. The number of anilines is 1. The molecule has 9 nitrogen and oxygen atoms in total. The first-order valence-electron chi connectivity index (χ1n) is 6.68. The van der Waals surface area contributed by atoms with E-state index in [2.05, 4.69) is 15.3 Å². The molecule has 1 fully saturated rings. The van der Waals surface area contributed by atoms with Crippen LogP contribution in [0.2, 0.25) is 0 Å². The predicted octanol–water partition coefficient (Wildman–Crippen LogP) is 0.571. The summed E-state index contributed by atoms with van der Waals surface area (Å²) in [6.07, 6.45) is 2.69. The van der Waals surface area contributed by atoms with Crippen LogP contribution in [0.15, 0.2) is 6.33 Å². The van der Waals surface area contributed by atoms with Crippen LogP contribution in [0.4, 0.5) is 11.5 Å². The molecule has 1 aromatic heterocycles. The number of carbonyl (C=O) groups excluding carboxylic acids is 1. The van der Waals surface area contributed by atoms with Crippen LogP contribution >= 0.6 is 0 Å². The Morgan fingerprint density at radius 2 is 2.24 bits per heavy atom. The number of carbonyl (C=O) groups is 1. The molecule has 0 radical (unpaired) electrons. The standard InChI is InChI=1S/C12H17N5O4/c13-12-11(17(19)20)10(15-6-16-12)9(21-7-18)5-8-1-3-14-4-2-8/h6-9,14H,1-5H2,(H2,13,15,16). The van der Waals surface area contributed by atoms with E-state index in [0.29, 0.717) is 12.3 Å². The second-order valence-electron chi connectivity index (χ2n) is 4.90. The fourth-order valence-corrected chi connectivity index (χ4v) is 2.55. The van der Waals surface area contributed by atoms with Crippen LogP contribution in [-0.4, -0.2) is 34.5 Å². The van der Waals surface area contributed by atoms with Crippen molar-refractivity contribution in [1.29, 1.82) is 0 Å². The number of nitrogens with zero attached hydrogens (tertiary/aromatic N) is 3. The van der Waals surface area contributed by atoms with Crippen molar-refractivity contribution in [1.82, 2.24) is 15.3 Å². The van der Waals surface area contributed by atoms with E-state index in [1.54, 1.807) is 0 Å². The lowest BCUT2D eigenvalue weighted by atomic mass is 9.90. The molecule has 2 rings (SSSR count). The van der Waals surface area contributed by atoms with Crippen molar-refractivity contribution in [2.75, 3.05) is 18.8 Å². The molecule has 1 aromatic rings. The van der Waals surface area contributed by atoms with E-state index in [9.17, 15) is 14.9 Å². The molecule has 21 heavy (non-hydrogen) atoms. The summed E-state index contributed by atoms with van der Waals surface area (Å²) in [5, 5.41) is 14.4. The first-order chi connectivity index (χ1) is 10.1. The van der Waals surface area contributed by atoms with Gasteiger partial charge < -0.3 is 15.8 Å². The van der Waals surface area contributed by atoms with E-state index in [0.717, 1.165) is 32.3 Å². The fourth-order valence-electron chi connectivity index (χ4n) is 2.55. The van der Waals surface area contributed by atoms with Gasteiger partial charge in [0.1, 0.15) is 6.33 Å². The van der Waals surface area contributed by atoms with E-state index in [1.807, 2.05) is 0 Å². The second kappa shape index (κ2) is 6.93. The Morgan fingerprint density at radius 3 is 2.86 bits per heavy atom. The van der Waals surface area contributed by atoms with E-state index in [1.165, 1.54) is 0 Å². The van der Waals surface area contributed by atoms with Crippen LogP contribution in [0.5, 0.6) is 0 Å². The maximum absolute atomic E-state index is 11.1. The lowest BCUT2D eigenvalue weighted by molar-refractivity contribution is -0.385. The molecule has 3 N–H and O–H groups in total. The molecular formula is C12H17N5O4. The van der Waals surface area contributed by atoms with Gasteiger partial charge in [-0.3, -0.25) is 14.9 Å². The number of aromatic nitrogens is 2. The Balaban J connectivity index is 2.26. The lowest BCUT2D eigenvalue weighted by Crippen LogP contribution is -2.29. The van der Waals surface area contributed by atoms with Crippen molar-refractivity contribution >= 4 is 18.0 Å². The predicted molar refractivity (Wildman–Crippen MR) is 73.2 cm³/mol. The first kappa shape index (κ1) is 15.1. The number of hydrogen-bond donors (Lipinski definition) is 2. The fraction of sp³-hybridized carbons (Fsp3) is 0.583. The molecule has 1 unspecified atom stereocenters. The van der Waals surface area contributed by atoms with Crippen LogP contribution in [0.1, 0.15) is 31.1 Å². The van der Waals surface area contributed by atoms with Crippen molar-refractivity contribution < 1.29 is 14.5 Å². The highest BCUT2D eigenvalue weighted by atomic mass is 16.6. The summed E-state index contributed by atoms with van der Waals surface area (Å²) in [5.41, 5.74) is 5.21. The first-order valence-corrected chi connectivity index (χ1v) is 6.68. The van der Waals surface area contributed by atoms with Crippen LogP contribution in [0.25, 0.3) is 0 Å². The lowest BCUT2D eigenvalue weighted by Gasteiger charge is -2.25. The minimum absolute atomic E-state index is 0.0538. The zero-order valence-electron chi connectivity index (χ0n) is 11.4. The third kappa shape index (κ3) is 3.63. The molecule has 1 atom stereocenters. The molecule has 0 aromatic carbocycles. The van der Waals surface area contributed by atoms with Gasteiger partial charge in [0.2, 0.25) is 5.82 Å². The van der Waals surface area contributed by atoms with Gasteiger partial charge in [-0.15, -0.1) is 0 Å². The molecule has 0 bridgehead atoms. The maximum atomic E-state index is 11.1. The Bertz CT molecular complexity index is 518. The van der Waals surface area contributed by atoms with E-state index < -0.39 is 16.7 Å². The zero-order valence-corrected chi connectivity index (χ0v) is 11.4. The van der Waals surface area contributed by atoms with Gasteiger partial charge in [-0.25, -0.2) is 9.97 Å². The van der Waals surface area contributed by atoms with Crippen molar-refractivity contribution in [2.24, 2.45) is 5.92 Å². The molecule has 1 saturated heterocycles. The molecule has 1 aliphatic heterocycles. The van der Waals surface area contributed by atoms with Crippen molar-refractivity contribution in [2.45, 2.75) is 25.4 Å². The third-order valence-corrected chi connectivity index (χ3v) is 3.59. The second-order valence-corrected chi connectivity index (χ2v) is 4.90. The molecule has 0 spiro atoms. The van der Waals surface area contributed by atoms with Gasteiger partial charge in [0.05, 0.1) is 4.92 Å². The smallest absolute Gasteiger partial charge is 0.336 e. The number of nitrogens with one attached hydrogen (secondary N) is 1. The number of nitrogen functional groups attached to an aromatic ring is 1. The Morgan fingerprint density at radius 1 is 1.52 bits per heavy atom. The summed E-state index contributed by atoms with van der Waals surface area (Å²) in [7, 11) is 0. The van der Waals surface area contributed by atoms with Crippen LogP contribution in [0.3, 0.4) is 0 Å². The summed E-state index contributed by atoms with van der Waals surface area (Å²) >= 11 is 0. The number of nitrogens with two attached hydrogens (primary N) is 1. The highest BCUT2D eigenvalue weighted by Gasteiger charge is 2.31. The number of hydrogen-bond acceptors (Lipinski definition) is 8. The molecule has 9 heteroatoms. The largest absolute Gasteiger partial charge is 0.458 e.